The highest BCUT2D eigenvalue weighted by atomic mass is 19.3. The highest BCUT2D eigenvalue weighted by Crippen LogP contribution is 2.20. The maximum atomic E-state index is 12.6. The molecular weight excluding hydrogens is 244 g/mol. The van der Waals surface area contributed by atoms with E-state index in [9.17, 15) is 8.78 Å². The minimum absolute atomic E-state index is 0.0709. The Morgan fingerprint density at radius 1 is 1.00 bits per heavy atom. The average Bonchev–Trinajstić information content (AvgIpc) is 2.45. The number of rotatable bonds is 5. The van der Waals surface area contributed by atoms with Crippen LogP contribution in [0.5, 0.6) is 0 Å². The molecule has 2 rings (SSSR count). The van der Waals surface area contributed by atoms with Crippen molar-refractivity contribution in [1.29, 1.82) is 0 Å². The fourth-order valence-electron chi connectivity index (χ4n) is 1.94. The molecule has 100 valence electrons. The summed E-state index contributed by atoms with van der Waals surface area (Å²) in [6.45, 7) is 2.65. The van der Waals surface area contributed by atoms with Gasteiger partial charge in [0.15, 0.2) is 0 Å². The zero-order chi connectivity index (χ0) is 13.7. The number of anilines is 1. The third-order valence-corrected chi connectivity index (χ3v) is 3.03. The molecule has 0 aromatic heterocycles. The monoisotopic (exact) mass is 261 g/mol. The minimum Gasteiger partial charge on any atom is -0.381 e. The van der Waals surface area contributed by atoms with Crippen molar-refractivity contribution in [2.24, 2.45) is 0 Å². The van der Waals surface area contributed by atoms with Gasteiger partial charge in [0, 0.05) is 17.8 Å². The van der Waals surface area contributed by atoms with Gasteiger partial charge in [-0.1, -0.05) is 37.3 Å². The first-order valence-electron chi connectivity index (χ1n) is 6.39. The fourth-order valence-corrected chi connectivity index (χ4v) is 1.94. The van der Waals surface area contributed by atoms with Gasteiger partial charge in [-0.15, -0.1) is 0 Å². The normalized spacial score (nSPS) is 10.7. The third kappa shape index (κ3) is 3.78. The summed E-state index contributed by atoms with van der Waals surface area (Å²) in [7, 11) is 0. The van der Waals surface area contributed by atoms with E-state index >= 15 is 0 Å². The lowest BCUT2D eigenvalue weighted by Crippen LogP contribution is -2.00. The van der Waals surface area contributed by atoms with E-state index in [4.69, 9.17) is 0 Å². The zero-order valence-corrected chi connectivity index (χ0v) is 10.9. The van der Waals surface area contributed by atoms with Crippen molar-refractivity contribution in [1.82, 2.24) is 0 Å². The quantitative estimate of drug-likeness (QED) is 0.815. The number of hydrogen-bond donors (Lipinski definition) is 1. The van der Waals surface area contributed by atoms with Crippen LogP contribution in [-0.4, -0.2) is 0 Å². The van der Waals surface area contributed by atoms with Gasteiger partial charge in [-0.2, -0.15) is 0 Å². The molecule has 1 N–H and O–H groups in total. The van der Waals surface area contributed by atoms with Gasteiger partial charge in [0.05, 0.1) is 0 Å². The summed E-state index contributed by atoms with van der Waals surface area (Å²) >= 11 is 0. The molecule has 2 aromatic carbocycles. The third-order valence-electron chi connectivity index (χ3n) is 3.03. The topological polar surface area (TPSA) is 12.0 Å². The van der Waals surface area contributed by atoms with Crippen molar-refractivity contribution in [2.75, 3.05) is 5.32 Å². The molecule has 0 bridgehead atoms. The first kappa shape index (κ1) is 13.5. The predicted octanol–water partition coefficient (Wildman–Crippen LogP) is 4.80. The van der Waals surface area contributed by atoms with E-state index in [1.807, 2.05) is 18.2 Å². The second kappa shape index (κ2) is 6.32. The van der Waals surface area contributed by atoms with Crippen LogP contribution in [0.2, 0.25) is 0 Å². The van der Waals surface area contributed by atoms with E-state index in [0.717, 1.165) is 17.7 Å². The second-order valence-corrected chi connectivity index (χ2v) is 4.45. The Morgan fingerprint density at radius 3 is 2.47 bits per heavy atom. The van der Waals surface area contributed by atoms with Crippen LogP contribution < -0.4 is 5.32 Å². The SMILES string of the molecule is CCc1cccc(NCc2cccc(C(F)F)c2)c1. The summed E-state index contributed by atoms with van der Waals surface area (Å²) in [5.74, 6) is 0. The lowest BCUT2D eigenvalue weighted by molar-refractivity contribution is 0.151. The Balaban J connectivity index is 2.03. The van der Waals surface area contributed by atoms with E-state index in [-0.39, 0.29) is 5.56 Å². The number of benzene rings is 2. The van der Waals surface area contributed by atoms with Crippen molar-refractivity contribution in [3.8, 4) is 0 Å². The number of halogens is 2. The summed E-state index contributed by atoms with van der Waals surface area (Å²) in [6, 6.07) is 14.6. The lowest BCUT2D eigenvalue weighted by Gasteiger charge is -2.09. The molecule has 0 aliphatic heterocycles. The molecule has 0 heterocycles. The van der Waals surface area contributed by atoms with E-state index in [1.54, 1.807) is 12.1 Å². The van der Waals surface area contributed by atoms with Gasteiger partial charge in [-0.05, 0) is 35.7 Å². The first-order chi connectivity index (χ1) is 9.19. The predicted molar refractivity (Wildman–Crippen MR) is 74.5 cm³/mol. The number of nitrogens with one attached hydrogen (secondary N) is 1. The van der Waals surface area contributed by atoms with Crippen LogP contribution in [0.15, 0.2) is 48.5 Å². The van der Waals surface area contributed by atoms with Crippen LogP contribution in [0.25, 0.3) is 0 Å². The minimum atomic E-state index is -2.41. The maximum Gasteiger partial charge on any atom is 0.263 e. The van der Waals surface area contributed by atoms with Crippen molar-refractivity contribution >= 4 is 5.69 Å². The lowest BCUT2D eigenvalue weighted by atomic mass is 10.1. The maximum absolute atomic E-state index is 12.6. The summed E-state index contributed by atoms with van der Waals surface area (Å²) in [6.07, 6.45) is -1.43. The smallest absolute Gasteiger partial charge is 0.263 e. The van der Waals surface area contributed by atoms with E-state index in [0.29, 0.717) is 6.54 Å². The molecule has 19 heavy (non-hydrogen) atoms. The molecule has 2 aromatic rings. The van der Waals surface area contributed by atoms with Crippen LogP contribution in [0, 0.1) is 0 Å². The van der Waals surface area contributed by atoms with Crippen molar-refractivity contribution < 1.29 is 8.78 Å². The molecule has 0 aliphatic rings. The Hall–Kier alpha value is -1.90. The number of alkyl halides is 2. The number of hydrogen-bond acceptors (Lipinski definition) is 1. The Morgan fingerprint density at radius 2 is 1.74 bits per heavy atom. The molecule has 0 radical (unpaired) electrons. The van der Waals surface area contributed by atoms with Crippen LogP contribution >= 0.6 is 0 Å². The average molecular weight is 261 g/mol. The molecular formula is C16H17F2N. The van der Waals surface area contributed by atoms with Crippen LogP contribution in [0.1, 0.15) is 30.0 Å². The highest BCUT2D eigenvalue weighted by molar-refractivity contribution is 5.46. The molecule has 0 atom stereocenters. The van der Waals surface area contributed by atoms with Crippen molar-refractivity contribution in [3.05, 3.63) is 65.2 Å². The van der Waals surface area contributed by atoms with E-state index in [1.165, 1.54) is 11.6 Å². The molecule has 0 fully saturated rings. The Kier molecular flexibility index (Phi) is 4.50. The standard InChI is InChI=1S/C16H17F2N/c1-2-12-5-4-8-15(10-12)19-11-13-6-3-7-14(9-13)16(17)18/h3-10,16,19H,2,11H2,1H3. The molecule has 0 aliphatic carbocycles. The Labute approximate surface area is 112 Å². The summed E-state index contributed by atoms with van der Waals surface area (Å²) in [5.41, 5.74) is 3.20. The van der Waals surface area contributed by atoms with Gasteiger partial charge in [-0.3, -0.25) is 0 Å². The van der Waals surface area contributed by atoms with Crippen LogP contribution in [-0.2, 0) is 13.0 Å². The fraction of sp³-hybridized carbons (Fsp3) is 0.250. The molecule has 0 amide bonds. The zero-order valence-electron chi connectivity index (χ0n) is 10.9. The molecule has 0 saturated heterocycles. The second-order valence-electron chi connectivity index (χ2n) is 4.45. The molecule has 1 nitrogen and oxygen atoms in total. The molecule has 0 saturated carbocycles. The van der Waals surface area contributed by atoms with Gasteiger partial charge in [0.2, 0.25) is 0 Å². The molecule has 3 heteroatoms. The highest BCUT2D eigenvalue weighted by Gasteiger charge is 2.06. The van der Waals surface area contributed by atoms with Crippen LogP contribution in [0.3, 0.4) is 0 Å². The molecule has 0 unspecified atom stereocenters. The number of aryl methyl sites for hydroxylation is 1. The van der Waals surface area contributed by atoms with Crippen LogP contribution in [0.4, 0.5) is 14.5 Å². The van der Waals surface area contributed by atoms with Gasteiger partial charge in [0.1, 0.15) is 0 Å². The molecule has 0 spiro atoms. The summed E-state index contributed by atoms with van der Waals surface area (Å²) in [4.78, 5) is 0. The van der Waals surface area contributed by atoms with Gasteiger partial charge in [-0.25, -0.2) is 8.78 Å². The largest absolute Gasteiger partial charge is 0.381 e. The van der Waals surface area contributed by atoms with Gasteiger partial charge in [0.25, 0.3) is 6.43 Å². The van der Waals surface area contributed by atoms with E-state index in [2.05, 4.69) is 24.4 Å². The van der Waals surface area contributed by atoms with Gasteiger partial charge >= 0.3 is 0 Å². The summed E-state index contributed by atoms with van der Waals surface area (Å²) in [5, 5.41) is 3.26. The van der Waals surface area contributed by atoms with Crippen molar-refractivity contribution in [3.63, 3.8) is 0 Å². The Bertz CT molecular complexity index is 538. The summed E-state index contributed by atoms with van der Waals surface area (Å²) < 4.78 is 25.2. The van der Waals surface area contributed by atoms with E-state index < -0.39 is 6.43 Å². The first-order valence-corrected chi connectivity index (χ1v) is 6.39. The van der Waals surface area contributed by atoms with Crippen molar-refractivity contribution in [2.45, 2.75) is 26.3 Å². The van der Waals surface area contributed by atoms with Gasteiger partial charge < -0.3 is 5.32 Å².